The molecule has 2 aromatic heterocycles. The van der Waals surface area contributed by atoms with E-state index in [0.717, 1.165) is 48.8 Å². The van der Waals surface area contributed by atoms with Crippen LogP contribution in [0.3, 0.4) is 0 Å². The molecule has 2 aromatic rings. The second-order valence-electron chi connectivity index (χ2n) is 8.27. The van der Waals surface area contributed by atoms with Gasteiger partial charge in [-0.15, -0.1) is 0 Å². The zero-order valence-electron chi connectivity index (χ0n) is 19.0. The van der Waals surface area contributed by atoms with Crippen LogP contribution >= 0.6 is 0 Å². The van der Waals surface area contributed by atoms with Crippen LogP contribution in [0.25, 0.3) is 0 Å². The van der Waals surface area contributed by atoms with Crippen LogP contribution in [0.5, 0.6) is 0 Å². The van der Waals surface area contributed by atoms with Crippen molar-refractivity contribution in [1.29, 1.82) is 0 Å². The summed E-state index contributed by atoms with van der Waals surface area (Å²) in [6.07, 6.45) is 3.02. The molecule has 3 rings (SSSR count). The molecule has 164 valence electrons. The van der Waals surface area contributed by atoms with Crippen LogP contribution in [0.15, 0.2) is 16.9 Å². The number of likely N-dealkylation sites (N-methyl/N-ethyl adjacent to an activating group) is 1. The number of likely N-dealkylation sites (tertiary alicyclic amines) is 1. The maximum Gasteiger partial charge on any atom is 0.257 e. The van der Waals surface area contributed by atoms with E-state index in [1.165, 1.54) is 6.42 Å². The Bertz CT molecular complexity index is 959. The van der Waals surface area contributed by atoms with Crippen LogP contribution in [0.2, 0.25) is 0 Å². The average molecular weight is 414 g/mol. The van der Waals surface area contributed by atoms with E-state index >= 15 is 0 Å². The van der Waals surface area contributed by atoms with Crippen molar-refractivity contribution in [2.75, 3.05) is 19.6 Å². The zero-order valence-corrected chi connectivity index (χ0v) is 19.0. The molecular formula is C23H35N5O2. The maximum absolute atomic E-state index is 13.0. The van der Waals surface area contributed by atoms with Crippen molar-refractivity contribution >= 4 is 5.91 Å². The molecule has 3 heterocycles. The first-order valence-corrected chi connectivity index (χ1v) is 11.1. The molecule has 0 saturated carbocycles. The van der Waals surface area contributed by atoms with Crippen LogP contribution in [0, 0.1) is 20.8 Å². The number of carbonyl (C=O) groups is 1. The van der Waals surface area contributed by atoms with Gasteiger partial charge in [-0.25, -0.2) is 0 Å². The van der Waals surface area contributed by atoms with Gasteiger partial charge in [0.2, 0.25) is 0 Å². The number of nitrogens with one attached hydrogen (secondary N) is 1. The molecule has 1 N–H and O–H groups in total. The van der Waals surface area contributed by atoms with Gasteiger partial charge in [0.05, 0.1) is 12.2 Å². The number of carbonyl (C=O) groups excluding carboxylic acids is 1. The molecule has 0 aliphatic carbocycles. The van der Waals surface area contributed by atoms with E-state index in [4.69, 9.17) is 0 Å². The van der Waals surface area contributed by atoms with Gasteiger partial charge in [-0.05, 0) is 59.2 Å². The summed E-state index contributed by atoms with van der Waals surface area (Å²) in [5, 5.41) is 7.36. The minimum Gasteiger partial charge on any atom is -0.350 e. The van der Waals surface area contributed by atoms with Crippen molar-refractivity contribution in [1.82, 2.24) is 24.6 Å². The lowest BCUT2D eigenvalue weighted by Crippen LogP contribution is -2.37. The average Bonchev–Trinajstić information content (AvgIpc) is 3.28. The fourth-order valence-electron chi connectivity index (χ4n) is 4.69. The smallest absolute Gasteiger partial charge is 0.257 e. The Kier molecular flexibility index (Phi) is 7.13. The van der Waals surface area contributed by atoms with Crippen molar-refractivity contribution < 1.29 is 4.79 Å². The van der Waals surface area contributed by atoms with Crippen LogP contribution in [0.4, 0.5) is 0 Å². The van der Waals surface area contributed by atoms with Crippen molar-refractivity contribution in [2.24, 2.45) is 0 Å². The number of rotatable bonds is 8. The van der Waals surface area contributed by atoms with E-state index in [-0.39, 0.29) is 16.9 Å². The normalized spacial score (nSPS) is 16.9. The SMILES string of the molecule is CCc1c(C(=O)NCCn2nc(C)cc2C)c(=O)cc(C)n1C[C@H]1CCCN1CC. The van der Waals surface area contributed by atoms with E-state index in [0.29, 0.717) is 25.6 Å². The lowest BCUT2D eigenvalue weighted by molar-refractivity contribution is 0.0948. The monoisotopic (exact) mass is 413 g/mol. The third-order valence-corrected chi connectivity index (χ3v) is 6.20. The van der Waals surface area contributed by atoms with Crippen LogP contribution in [-0.4, -0.2) is 50.8 Å². The minimum atomic E-state index is -0.286. The molecule has 0 bridgehead atoms. The lowest BCUT2D eigenvalue weighted by Gasteiger charge is -2.27. The van der Waals surface area contributed by atoms with Gasteiger partial charge in [0, 0.05) is 42.3 Å². The van der Waals surface area contributed by atoms with Crippen molar-refractivity contribution in [3.63, 3.8) is 0 Å². The summed E-state index contributed by atoms with van der Waals surface area (Å²) in [6.45, 7) is 14.1. The Morgan fingerprint density at radius 3 is 2.60 bits per heavy atom. The fraction of sp³-hybridized carbons (Fsp3) is 0.609. The van der Waals surface area contributed by atoms with E-state index in [1.807, 2.05) is 38.4 Å². The Hall–Kier alpha value is -2.41. The fourth-order valence-corrected chi connectivity index (χ4v) is 4.69. The molecule has 1 fully saturated rings. The topological polar surface area (TPSA) is 72.2 Å². The molecular weight excluding hydrogens is 378 g/mol. The quantitative estimate of drug-likeness (QED) is 0.722. The molecule has 0 unspecified atom stereocenters. The zero-order chi connectivity index (χ0) is 21.8. The Morgan fingerprint density at radius 1 is 1.20 bits per heavy atom. The van der Waals surface area contributed by atoms with Crippen LogP contribution < -0.4 is 10.7 Å². The second kappa shape index (κ2) is 9.60. The maximum atomic E-state index is 13.0. The van der Waals surface area contributed by atoms with Crippen molar-refractivity contribution in [3.05, 3.63) is 50.7 Å². The van der Waals surface area contributed by atoms with E-state index < -0.39 is 0 Å². The largest absolute Gasteiger partial charge is 0.350 e. The summed E-state index contributed by atoms with van der Waals surface area (Å²) < 4.78 is 4.07. The summed E-state index contributed by atoms with van der Waals surface area (Å²) in [5.41, 5.74) is 3.89. The Balaban J connectivity index is 1.80. The summed E-state index contributed by atoms with van der Waals surface area (Å²) in [6, 6.07) is 4.09. The predicted molar refractivity (Wildman–Crippen MR) is 119 cm³/mol. The first-order chi connectivity index (χ1) is 14.3. The molecule has 1 aliphatic rings. The summed E-state index contributed by atoms with van der Waals surface area (Å²) in [4.78, 5) is 28.2. The summed E-state index contributed by atoms with van der Waals surface area (Å²) in [7, 11) is 0. The third kappa shape index (κ3) is 4.67. The first kappa shape index (κ1) is 22.3. The molecule has 7 heteroatoms. The molecule has 1 amide bonds. The molecule has 7 nitrogen and oxygen atoms in total. The number of hydrogen-bond donors (Lipinski definition) is 1. The van der Waals surface area contributed by atoms with Gasteiger partial charge in [-0.3, -0.25) is 19.2 Å². The molecule has 1 aliphatic heterocycles. The molecule has 0 aromatic carbocycles. The molecule has 0 spiro atoms. The van der Waals surface area contributed by atoms with E-state index in [1.54, 1.807) is 6.07 Å². The molecule has 1 atom stereocenters. The van der Waals surface area contributed by atoms with Crippen LogP contribution in [0.1, 0.15) is 59.8 Å². The molecule has 1 saturated heterocycles. The van der Waals surface area contributed by atoms with Gasteiger partial charge < -0.3 is 9.88 Å². The van der Waals surface area contributed by atoms with Crippen molar-refractivity contribution in [3.8, 4) is 0 Å². The number of aryl methyl sites for hydroxylation is 3. The Morgan fingerprint density at radius 2 is 1.97 bits per heavy atom. The van der Waals surface area contributed by atoms with E-state index in [9.17, 15) is 9.59 Å². The van der Waals surface area contributed by atoms with Gasteiger partial charge in [-0.2, -0.15) is 5.10 Å². The number of hydrogen-bond acceptors (Lipinski definition) is 4. The van der Waals surface area contributed by atoms with Gasteiger partial charge in [0.15, 0.2) is 5.43 Å². The van der Waals surface area contributed by atoms with Gasteiger partial charge in [-0.1, -0.05) is 13.8 Å². The van der Waals surface area contributed by atoms with Gasteiger partial charge in [0.25, 0.3) is 5.91 Å². The van der Waals surface area contributed by atoms with Gasteiger partial charge in [0.1, 0.15) is 5.56 Å². The highest BCUT2D eigenvalue weighted by Crippen LogP contribution is 2.21. The first-order valence-electron chi connectivity index (χ1n) is 11.1. The van der Waals surface area contributed by atoms with E-state index in [2.05, 4.69) is 26.8 Å². The number of pyridine rings is 1. The highest BCUT2D eigenvalue weighted by Gasteiger charge is 2.26. The predicted octanol–water partition coefficient (Wildman–Crippen LogP) is 2.45. The lowest BCUT2D eigenvalue weighted by atomic mass is 10.1. The number of nitrogens with zero attached hydrogens (tertiary/aromatic N) is 4. The number of amides is 1. The molecule has 30 heavy (non-hydrogen) atoms. The van der Waals surface area contributed by atoms with Crippen molar-refractivity contribution in [2.45, 2.75) is 73.0 Å². The minimum absolute atomic E-state index is 0.192. The third-order valence-electron chi connectivity index (χ3n) is 6.20. The van der Waals surface area contributed by atoms with Crippen LogP contribution in [-0.2, 0) is 19.5 Å². The molecule has 0 radical (unpaired) electrons. The highest BCUT2D eigenvalue weighted by atomic mass is 16.2. The summed E-state index contributed by atoms with van der Waals surface area (Å²) >= 11 is 0. The Labute approximate surface area is 179 Å². The standard InChI is InChI=1S/C23H35N5O2/c1-6-20-22(23(30)24-10-12-28-18(5)13-16(3)25-28)21(29)14-17(4)27(20)15-19-9-8-11-26(19)7-2/h13-14,19H,6-12,15H2,1-5H3,(H,24,30)/t19-/m1/s1. The second-order valence-corrected chi connectivity index (χ2v) is 8.27. The van der Waals surface area contributed by atoms with Gasteiger partial charge >= 0.3 is 0 Å². The summed E-state index contributed by atoms with van der Waals surface area (Å²) in [5.74, 6) is -0.286. The highest BCUT2D eigenvalue weighted by molar-refractivity contribution is 5.95. The number of aromatic nitrogens is 3.